The predicted octanol–water partition coefficient (Wildman–Crippen LogP) is 2.07. The lowest BCUT2D eigenvalue weighted by Crippen LogP contribution is -2.18. The first-order chi connectivity index (χ1) is 9.67. The van der Waals surface area contributed by atoms with E-state index in [2.05, 4.69) is 12.0 Å². The van der Waals surface area contributed by atoms with Crippen LogP contribution in [0.4, 0.5) is 0 Å². The third-order valence-corrected chi connectivity index (χ3v) is 3.22. The second-order valence-corrected chi connectivity index (χ2v) is 4.63. The highest BCUT2D eigenvalue weighted by Crippen LogP contribution is 2.31. The molecule has 20 heavy (non-hydrogen) atoms. The second-order valence-electron chi connectivity index (χ2n) is 4.63. The Morgan fingerprint density at radius 3 is 2.70 bits per heavy atom. The van der Waals surface area contributed by atoms with Gasteiger partial charge >= 0.3 is 0 Å². The van der Waals surface area contributed by atoms with Gasteiger partial charge in [0.05, 0.1) is 13.3 Å². The molecular weight excluding hydrogens is 254 g/mol. The molecule has 0 radical (unpaired) electrons. The second kappa shape index (κ2) is 6.43. The van der Waals surface area contributed by atoms with Gasteiger partial charge in [0.25, 0.3) is 0 Å². The summed E-state index contributed by atoms with van der Waals surface area (Å²) in [4.78, 5) is 0. The fourth-order valence-corrected chi connectivity index (χ4v) is 2.04. The summed E-state index contributed by atoms with van der Waals surface area (Å²) in [6, 6.07) is 5.96. The minimum absolute atomic E-state index is 0.231. The van der Waals surface area contributed by atoms with Gasteiger partial charge in [-0.3, -0.25) is 4.68 Å². The van der Waals surface area contributed by atoms with Crippen LogP contribution < -0.4 is 15.2 Å². The van der Waals surface area contributed by atoms with Crippen LogP contribution in [0, 0.1) is 0 Å². The third kappa shape index (κ3) is 3.11. The van der Waals surface area contributed by atoms with E-state index in [9.17, 15) is 0 Å². The van der Waals surface area contributed by atoms with Crippen LogP contribution in [0.25, 0.3) is 0 Å². The topological polar surface area (TPSA) is 62.3 Å². The Morgan fingerprint density at radius 1 is 1.35 bits per heavy atom. The molecule has 0 fully saturated rings. The SMILES string of the molecule is CCc1ccc(OC(CN)c2cnn(C)c2)c(OC)c1. The van der Waals surface area contributed by atoms with Gasteiger partial charge in [0, 0.05) is 25.4 Å². The zero-order chi connectivity index (χ0) is 14.5. The summed E-state index contributed by atoms with van der Waals surface area (Å²) in [7, 11) is 3.51. The van der Waals surface area contributed by atoms with Gasteiger partial charge in [-0.2, -0.15) is 5.10 Å². The summed E-state index contributed by atoms with van der Waals surface area (Å²) in [5.41, 5.74) is 7.97. The Bertz CT molecular complexity index is 566. The smallest absolute Gasteiger partial charge is 0.162 e. The van der Waals surface area contributed by atoms with Crippen molar-refractivity contribution >= 4 is 0 Å². The molecule has 0 aliphatic carbocycles. The van der Waals surface area contributed by atoms with Gasteiger partial charge in [0.15, 0.2) is 11.5 Å². The molecule has 0 aliphatic heterocycles. The van der Waals surface area contributed by atoms with Gasteiger partial charge in [-0.1, -0.05) is 13.0 Å². The van der Waals surface area contributed by atoms with E-state index >= 15 is 0 Å². The van der Waals surface area contributed by atoms with E-state index in [1.807, 2.05) is 31.4 Å². The van der Waals surface area contributed by atoms with Gasteiger partial charge in [-0.05, 0) is 24.1 Å². The molecule has 2 aromatic rings. The number of hydrogen-bond donors (Lipinski definition) is 1. The lowest BCUT2D eigenvalue weighted by Gasteiger charge is -2.18. The maximum Gasteiger partial charge on any atom is 0.162 e. The zero-order valence-electron chi connectivity index (χ0n) is 12.2. The van der Waals surface area contributed by atoms with Crippen LogP contribution in [0.5, 0.6) is 11.5 Å². The molecule has 1 aromatic carbocycles. The van der Waals surface area contributed by atoms with E-state index in [0.29, 0.717) is 12.3 Å². The number of methoxy groups -OCH3 is 1. The predicted molar refractivity (Wildman–Crippen MR) is 78.0 cm³/mol. The van der Waals surface area contributed by atoms with Crippen LogP contribution in [-0.4, -0.2) is 23.4 Å². The highest BCUT2D eigenvalue weighted by molar-refractivity contribution is 5.43. The van der Waals surface area contributed by atoms with Crippen molar-refractivity contribution in [3.05, 3.63) is 41.7 Å². The molecule has 2 rings (SSSR count). The highest BCUT2D eigenvalue weighted by Gasteiger charge is 2.16. The van der Waals surface area contributed by atoms with E-state index < -0.39 is 0 Å². The summed E-state index contributed by atoms with van der Waals surface area (Å²) < 4.78 is 13.1. The van der Waals surface area contributed by atoms with E-state index in [4.69, 9.17) is 15.2 Å². The van der Waals surface area contributed by atoms with E-state index in [0.717, 1.165) is 17.7 Å². The van der Waals surface area contributed by atoms with Crippen LogP contribution in [0.15, 0.2) is 30.6 Å². The molecule has 108 valence electrons. The van der Waals surface area contributed by atoms with Crippen LogP contribution in [0.3, 0.4) is 0 Å². The van der Waals surface area contributed by atoms with Crippen LogP contribution in [0.2, 0.25) is 0 Å². The number of nitrogens with two attached hydrogens (primary N) is 1. The first-order valence-corrected chi connectivity index (χ1v) is 6.70. The highest BCUT2D eigenvalue weighted by atomic mass is 16.5. The normalized spacial score (nSPS) is 12.2. The summed E-state index contributed by atoms with van der Waals surface area (Å²) in [5.74, 6) is 1.43. The molecule has 5 nitrogen and oxygen atoms in total. The molecule has 1 aromatic heterocycles. The zero-order valence-corrected chi connectivity index (χ0v) is 12.2. The van der Waals surface area contributed by atoms with Gasteiger partial charge in [-0.25, -0.2) is 0 Å². The van der Waals surface area contributed by atoms with Crippen molar-refractivity contribution in [2.45, 2.75) is 19.4 Å². The minimum Gasteiger partial charge on any atom is -0.493 e. The molecule has 0 saturated carbocycles. The average molecular weight is 275 g/mol. The van der Waals surface area contributed by atoms with Crippen molar-refractivity contribution in [2.75, 3.05) is 13.7 Å². The van der Waals surface area contributed by atoms with Gasteiger partial charge in [0.2, 0.25) is 0 Å². The first-order valence-electron chi connectivity index (χ1n) is 6.70. The fourth-order valence-electron chi connectivity index (χ4n) is 2.04. The maximum atomic E-state index is 5.98. The van der Waals surface area contributed by atoms with Crippen molar-refractivity contribution in [3.8, 4) is 11.5 Å². The fraction of sp³-hybridized carbons (Fsp3) is 0.400. The van der Waals surface area contributed by atoms with Gasteiger partial charge in [-0.15, -0.1) is 0 Å². The summed E-state index contributed by atoms with van der Waals surface area (Å²) >= 11 is 0. The number of aromatic nitrogens is 2. The third-order valence-electron chi connectivity index (χ3n) is 3.22. The minimum atomic E-state index is -0.231. The molecule has 5 heteroatoms. The Kier molecular flexibility index (Phi) is 4.63. The molecule has 0 amide bonds. The Morgan fingerprint density at radius 2 is 2.15 bits per heavy atom. The Balaban J connectivity index is 2.23. The van der Waals surface area contributed by atoms with Crippen molar-refractivity contribution in [1.29, 1.82) is 0 Å². The number of benzene rings is 1. The molecule has 2 N–H and O–H groups in total. The molecule has 1 heterocycles. The molecular formula is C15H21N3O2. The summed E-state index contributed by atoms with van der Waals surface area (Å²) in [6.07, 6.45) is 4.40. The van der Waals surface area contributed by atoms with E-state index in [1.54, 1.807) is 18.0 Å². The quantitative estimate of drug-likeness (QED) is 0.876. The molecule has 0 aliphatic rings. The monoisotopic (exact) mass is 275 g/mol. The van der Waals surface area contributed by atoms with E-state index in [1.165, 1.54) is 5.56 Å². The first kappa shape index (κ1) is 14.4. The number of hydrogen-bond acceptors (Lipinski definition) is 4. The number of nitrogens with zero attached hydrogens (tertiary/aromatic N) is 2. The summed E-state index contributed by atoms with van der Waals surface area (Å²) in [5, 5.41) is 4.15. The van der Waals surface area contributed by atoms with Crippen LogP contribution >= 0.6 is 0 Å². The van der Waals surface area contributed by atoms with Crippen LogP contribution in [-0.2, 0) is 13.5 Å². The van der Waals surface area contributed by atoms with Gasteiger partial charge in [0.1, 0.15) is 6.10 Å². The molecule has 1 atom stereocenters. The molecule has 0 bridgehead atoms. The number of ether oxygens (including phenoxy) is 2. The molecule has 0 spiro atoms. The van der Waals surface area contributed by atoms with Crippen LogP contribution in [0.1, 0.15) is 24.2 Å². The maximum absolute atomic E-state index is 5.98. The average Bonchev–Trinajstić information content (AvgIpc) is 2.91. The Labute approximate surface area is 119 Å². The lowest BCUT2D eigenvalue weighted by molar-refractivity contribution is 0.204. The van der Waals surface area contributed by atoms with Crippen molar-refractivity contribution < 1.29 is 9.47 Å². The van der Waals surface area contributed by atoms with E-state index in [-0.39, 0.29) is 6.10 Å². The van der Waals surface area contributed by atoms with Crippen molar-refractivity contribution in [1.82, 2.24) is 9.78 Å². The molecule has 1 unspecified atom stereocenters. The Hall–Kier alpha value is -2.01. The van der Waals surface area contributed by atoms with Gasteiger partial charge < -0.3 is 15.2 Å². The van der Waals surface area contributed by atoms with Crippen molar-refractivity contribution in [2.24, 2.45) is 12.8 Å². The largest absolute Gasteiger partial charge is 0.493 e. The number of aryl methyl sites for hydroxylation is 2. The summed E-state index contributed by atoms with van der Waals surface area (Å²) in [6.45, 7) is 2.48. The lowest BCUT2D eigenvalue weighted by atomic mass is 10.1. The molecule has 0 saturated heterocycles. The standard InChI is InChI=1S/C15H21N3O2/c1-4-11-5-6-13(14(7-11)19-3)20-15(8-16)12-9-17-18(2)10-12/h5-7,9-10,15H,4,8,16H2,1-3H3. The van der Waals surface area contributed by atoms with Crippen molar-refractivity contribution in [3.63, 3.8) is 0 Å². The number of rotatable bonds is 6.